The molecule has 2 aliphatic heterocycles. The predicted octanol–water partition coefficient (Wildman–Crippen LogP) is 0.957. The molecule has 6 unspecified atom stereocenters. The maximum Gasteiger partial charge on any atom is 0.326 e. The van der Waals surface area contributed by atoms with E-state index < -0.39 is 30.1 Å². The quantitative estimate of drug-likeness (QED) is 0.491. The minimum atomic E-state index is -1.02. The summed E-state index contributed by atoms with van der Waals surface area (Å²) in [4.78, 5) is 53.7. The summed E-state index contributed by atoms with van der Waals surface area (Å²) in [5, 5.41) is 12.3. The zero-order valence-electron chi connectivity index (χ0n) is 19.2. The lowest BCUT2D eigenvalue weighted by Gasteiger charge is -2.33. The van der Waals surface area contributed by atoms with Crippen LogP contribution in [0, 0.1) is 11.8 Å². The number of carboxylic acids is 1. The maximum absolute atomic E-state index is 13.2. The topological polar surface area (TPSA) is 133 Å². The lowest BCUT2D eigenvalue weighted by Crippen LogP contribution is -2.58. The predicted molar refractivity (Wildman–Crippen MR) is 116 cm³/mol. The van der Waals surface area contributed by atoms with E-state index in [4.69, 9.17) is 5.73 Å². The van der Waals surface area contributed by atoms with E-state index in [1.165, 1.54) is 4.90 Å². The Morgan fingerprint density at radius 1 is 0.935 bits per heavy atom. The highest BCUT2D eigenvalue weighted by Crippen LogP contribution is 2.24. The van der Waals surface area contributed by atoms with Gasteiger partial charge in [0.15, 0.2) is 0 Å². The molecule has 9 nitrogen and oxygen atoms in total. The third kappa shape index (κ3) is 5.56. The highest BCUT2D eigenvalue weighted by atomic mass is 16.4. The SMILES string of the molecule is CCC(C)C(N)C(=O)N1CCCC1C(=O)NC(C(=O)N1CCCC1C(=O)O)C(C)CC. The van der Waals surface area contributed by atoms with Crippen LogP contribution in [0.15, 0.2) is 0 Å². The van der Waals surface area contributed by atoms with Gasteiger partial charge in [-0.1, -0.05) is 40.5 Å². The van der Waals surface area contributed by atoms with Crippen LogP contribution in [0.5, 0.6) is 0 Å². The van der Waals surface area contributed by atoms with Gasteiger partial charge in [-0.3, -0.25) is 14.4 Å². The summed E-state index contributed by atoms with van der Waals surface area (Å²) >= 11 is 0. The molecule has 0 aromatic carbocycles. The van der Waals surface area contributed by atoms with Crippen molar-refractivity contribution in [2.75, 3.05) is 13.1 Å². The average molecular weight is 439 g/mol. The van der Waals surface area contributed by atoms with Crippen LogP contribution in [0.4, 0.5) is 0 Å². The maximum atomic E-state index is 13.2. The van der Waals surface area contributed by atoms with Gasteiger partial charge < -0.3 is 26.0 Å². The fraction of sp³-hybridized carbons (Fsp3) is 0.818. The van der Waals surface area contributed by atoms with Crippen molar-refractivity contribution in [1.29, 1.82) is 0 Å². The molecule has 3 amide bonds. The monoisotopic (exact) mass is 438 g/mol. The number of likely N-dealkylation sites (tertiary alicyclic amines) is 2. The van der Waals surface area contributed by atoms with Crippen molar-refractivity contribution < 1.29 is 24.3 Å². The van der Waals surface area contributed by atoms with Crippen LogP contribution in [0.25, 0.3) is 0 Å². The first kappa shape index (κ1) is 25.1. The number of carbonyl (C=O) groups excluding carboxylic acids is 3. The highest BCUT2D eigenvalue weighted by Gasteiger charge is 2.42. The largest absolute Gasteiger partial charge is 0.480 e. The molecule has 176 valence electrons. The van der Waals surface area contributed by atoms with Gasteiger partial charge in [-0.2, -0.15) is 0 Å². The Kier molecular flexibility index (Phi) is 8.85. The van der Waals surface area contributed by atoms with E-state index in [1.807, 2.05) is 27.7 Å². The second-order valence-electron chi connectivity index (χ2n) is 9.00. The fourth-order valence-electron chi connectivity index (χ4n) is 4.39. The Balaban J connectivity index is 2.15. The minimum Gasteiger partial charge on any atom is -0.480 e. The summed E-state index contributed by atoms with van der Waals surface area (Å²) in [5.41, 5.74) is 6.12. The number of aliphatic carboxylic acids is 1. The number of rotatable bonds is 9. The van der Waals surface area contributed by atoms with Gasteiger partial charge in [-0.15, -0.1) is 0 Å². The van der Waals surface area contributed by atoms with Gasteiger partial charge in [-0.05, 0) is 37.5 Å². The first-order valence-electron chi connectivity index (χ1n) is 11.5. The number of nitrogens with zero attached hydrogens (tertiary/aromatic N) is 2. The molecule has 0 bridgehead atoms. The van der Waals surface area contributed by atoms with Gasteiger partial charge in [0, 0.05) is 13.1 Å². The Hall–Kier alpha value is -2.16. The molecule has 0 saturated carbocycles. The molecule has 0 radical (unpaired) electrons. The van der Waals surface area contributed by atoms with E-state index in [0.29, 0.717) is 45.2 Å². The number of nitrogens with one attached hydrogen (secondary N) is 1. The van der Waals surface area contributed by atoms with Crippen LogP contribution in [-0.2, 0) is 19.2 Å². The molecule has 0 aromatic heterocycles. The van der Waals surface area contributed by atoms with Crippen molar-refractivity contribution in [3.63, 3.8) is 0 Å². The second-order valence-corrected chi connectivity index (χ2v) is 9.00. The number of amides is 3. The van der Waals surface area contributed by atoms with E-state index in [2.05, 4.69) is 5.32 Å². The van der Waals surface area contributed by atoms with Crippen molar-refractivity contribution in [1.82, 2.24) is 15.1 Å². The van der Waals surface area contributed by atoms with Crippen LogP contribution in [0.2, 0.25) is 0 Å². The zero-order valence-corrected chi connectivity index (χ0v) is 19.2. The molecule has 0 spiro atoms. The average Bonchev–Trinajstić information content (AvgIpc) is 3.44. The third-order valence-corrected chi connectivity index (χ3v) is 6.98. The standard InChI is InChI=1S/C22H38N4O5/c1-5-13(3)17(23)20(28)25-11-7-9-15(25)19(27)24-18(14(4)6-2)21(29)26-12-8-10-16(26)22(30)31/h13-18H,5-12,23H2,1-4H3,(H,24,27)(H,30,31). The molecule has 6 atom stereocenters. The second kappa shape index (κ2) is 10.9. The van der Waals surface area contributed by atoms with Crippen molar-refractivity contribution >= 4 is 23.7 Å². The van der Waals surface area contributed by atoms with Crippen LogP contribution < -0.4 is 11.1 Å². The summed E-state index contributed by atoms with van der Waals surface area (Å²) in [5.74, 6) is -2.14. The molecular weight excluding hydrogens is 400 g/mol. The molecule has 31 heavy (non-hydrogen) atoms. The molecular formula is C22H38N4O5. The van der Waals surface area contributed by atoms with Crippen molar-refractivity contribution in [2.24, 2.45) is 17.6 Å². The first-order valence-corrected chi connectivity index (χ1v) is 11.5. The van der Waals surface area contributed by atoms with Gasteiger partial charge in [0.05, 0.1) is 6.04 Å². The summed E-state index contributed by atoms with van der Waals surface area (Å²) < 4.78 is 0. The minimum absolute atomic E-state index is 0.00868. The fourth-order valence-corrected chi connectivity index (χ4v) is 4.39. The smallest absolute Gasteiger partial charge is 0.326 e. The molecule has 0 aromatic rings. The van der Waals surface area contributed by atoms with Gasteiger partial charge in [0.1, 0.15) is 18.1 Å². The Bertz CT molecular complexity index is 685. The molecule has 2 heterocycles. The summed E-state index contributed by atoms with van der Waals surface area (Å²) in [6.07, 6.45) is 3.68. The Morgan fingerprint density at radius 2 is 1.45 bits per heavy atom. The Morgan fingerprint density at radius 3 is 1.97 bits per heavy atom. The molecule has 2 aliphatic rings. The van der Waals surface area contributed by atoms with Gasteiger partial charge in [0.2, 0.25) is 17.7 Å². The van der Waals surface area contributed by atoms with Crippen LogP contribution >= 0.6 is 0 Å². The summed E-state index contributed by atoms with van der Waals surface area (Å²) in [7, 11) is 0. The molecule has 2 rings (SSSR count). The molecule has 2 fully saturated rings. The lowest BCUT2D eigenvalue weighted by atomic mass is 9.96. The first-order chi connectivity index (χ1) is 14.6. The molecule has 4 N–H and O–H groups in total. The van der Waals surface area contributed by atoms with Crippen molar-refractivity contribution in [3.05, 3.63) is 0 Å². The molecule has 0 aliphatic carbocycles. The highest BCUT2D eigenvalue weighted by molar-refractivity contribution is 5.94. The van der Waals surface area contributed by atoms with Gasteiger partial charge >= 0.3 is 5.97 Å². The van der Waals surface area contributed by atoms with E-state index in [9.17, 15) is 24.3 Å². The van der Waals surface area contributed by atoms with Crippen LogP contribution in [-0.4, -0.2) is 75.9 Å². The van der Waals surface area contributed by atoms with E-state index in [0.717, 1.165) is 6.42 Å². The third-order valence-electron chi connectivity index (χ3n) is 6.98. The number of hydrogen-bond acceptors (Lipinski definition) is 5. The van der Waals surface area contributed by atoms with Crippen LogP contribution in [0.3, 0.4) is 0 Å². The van der Waals surface area contributed by atoms with E-state index >= 15 is 0 Å². The van der Waals surface area contributed by atoms with E-state index in [1.54, 1.807) is 4.90 Å². The summed E-state index contributed by atoms with van der Waals surface area (Å²) in [6.45, 7) is 8.52. The lowest BCUT2D eigenvalue weighted by molar-refractivity contribution is -0.150. The van der Waals surface area contributed by atoms with Gasteiger partial charge in [-0.25, -0.2) is 4.79 Å². The number of nitrogens with two attached hydrogens (primary N) is 1. The number of hydrogen-bond donors (Lipinski definition) is 3. The number of carbonyl (C=O) groups is 4. The Labute approximate surface area is 184 Å². The van der Waals surface area contributed by atoms with Crippen LogP contribution in [0.1, 0.15) is 66.2 Å². The molecule has 2 saturated heterocycles. The zero-order chi connectivity index (χ0) is 23.3. The van der Waals surface area contributed by atoms with E-state index in [-0.39, 0.29) is 29.6 Å². The van der Waals surface area contributed by atoms with Crippen molar-refractivity contribution in [3.8, 4) is 0 Å². The molecule has 9 heteroatoms. The van der Waals surface area contributed by atoms with Crippen molar-refractivity contribution in [2.45, 2.75) is 90.4 Å². The normalized spacial score (nSPS) is 25.1. The summed E-state index contributed by atoms with van der Waals surface area (Å²) in [6, 6.07) is -2.99. The number of carboxylic acid groups (broad SMARTS) is 1. The van der Waals surface area contributed by atoms with Gasteiger partial charge in [0.25, 0.3) is 0 Å².